The van der Waals surface area contributed by atoms with Gasteiger partial charge in [-0.2, -0.15) is 0 Å². The number of anilines is 1. The Morgan fingerprint density at radius 2 is 1.67 bits per heavy atom. The fourth-order valence-corrected chi connectivity index (χ4v) is 2.62. The van der Waals surface area contributed by atoms with Crippen molar-refractivity contribution < 1.29 is 4.39 Å². The third-order valence-electron chi connectivity index (χ3n) is 3.41. The molecule has 3 nitrogen and oxygen atoms in total. The van der Waals surface area contributed by atoms with Crippen molar-refractivity contribution in [3.63, 3.8) is 0 Å². The first kappa shape index (κ1) is 20.5. The van der Waals surface area contributed by atoms with Gasteiger partial charge in [-0.15, -0.1) is 24.8 Å². The predicted octanol–water partition coefficient (Wildman–Crippen LogP) is 2.92. The second-order valence-electron chi connectivity index (χ2n) is 6.08. The first-order chi connectivity index (χ1) is 8.94. The van der Waals surface area contributed by atoms with Crippen molar-refractivity contribution >= 4 is 30.5 Å². The molecule has 0 bridgehead atoms. The van der Waals surface area contributed by atoms with Gasteiger partial charge >= 0.3 is 0 Å². The van der Waals surface area contributed by atoms with Crippen LogP contribution in [-0.2, 0) is 0 Å². The molecule has 6 heteroatoms. The van der Waals surface area contributed by atoms with Gasteiger partial charge in [0.2, 0.25) is 0 Å². The second kappa shape index (κ2) is 8.79. The van der Waals surface area contributed by atoms with Gasteiger partial charge in [-0.1, -0.05) is 0 Å². The Kier molecular flexibility index (Phi) is 8.56. The molecule has 1 aromatic rings. The van der Waals surface area contributed by atoms with Crippen molar-refractivity contribution in [2.75, 3.05) is 37.6 Å². The summed E-state index contributed by atoms with van der Waals surface area (Å²) in [6.07, 6.45) is 1.12. The van der Waals surface area contributed by atoms with E-state index in [0.717, 1.165) is 44.8 Å². The molecule has 1 aromatic carbocycles. The summed E-state index contributed by atoms with van der Waals surface area (Å²) in [5.74, 6) is -0.176. The van der Waals surface area contributed by atoms with Crippen LogP contribution in [0.3, 0.4) is 0 Å². The molecule has 1 fully saturated rings. The molecule has 2 N–H and O–H groups in total. The van der Waals surface area contributed by atoms with E-state index < -0.39 is 0 Å². The summed E-state index contributed by atoms with van der Waals surface area (Å²) in [7, 11) is 0. The van der Waals surface area contributed by atoms with Crippen LogP contribution < -0.4 is 10.6 Å². The van der Waals surface area contributed by atoms with Gasteiger partial charge in [0.15, 0.2) is 0 Å². The monoisotopic (exact) mass is 337 g/mol. The highest BCUT2D eigenvalue weighted by atomic mass is 35.5. The van der Waals surface area contributed by atoms with Crippen molar-refractivity contribution in [1.29, 1.82) is 0 Å². The molecular weight excluding hydrogens is 312 g/mol. The highest BCUT2D eigenvalue weighted by molar-refractivity contribution is 5.85. The average Bonchev–Trinajstić information content (AvgIpc) is 2.54. The maximum absolute atomic E-state index is 12.9. The summed E-state index contributed by atoms with van der Waals surface area (Å²) < 4.78 is 12.9. The Hall–Kier alpha value is -0.550. The van der Waals surface area contributed by atoms with Gasteiger partial charge in [0.05, 0.1) is 0 Å². The first-order valence-corrected chi connectivity index (χ1v) is 6.96. The Labute approximate surface area is 139 Å². The molecule has 0 atom stereocenters. The van der Waals surface area contributed by atoms with Gasteiger partial charge in [0.25, 0.3) is 0 Å². The zero-order chi connectivity index (χ0) is 13.9. The van der Waals surface area contributed by atoms with Gasteiger partial charge in [0, 0.05) is 37.4 Å². The quantitative estimate of drug-likeness (QED) is 0.920. The van der Waals surface area contributed by atoms with Crippen molar-refractivity contribution in [2.45, 2.75) is 25.8 Å². The predicted molar refractivity (Wildman–Crippen MR) is 92.4 cm³/mol. The molecule has 1 saturated heterocycles. The highest BCUT2D eigenvalue weighted by Gasteiger charge is 2.20. The van der Waals surface area contributed by atoms with Crippen LogP contribution in [0.1, 0.15) is 20.3 Å². The summed E-state index contributed by atoms with van der Waals surface area (Å²) in [6, 6.07) is 6.78. The van der Waals surface area contributed by atoms with Gasteiger partial charge in [-0.3, -0.25) is 4.90 Å². The van der Waals surface area contributed by atoms with Crippen LogP contribution in [0.2, 0.25) is 0 Å². The summed E-state index contributed by atoms with van der Waals surface area (Å²) in [6.45, 7) is 9.14. The van der Waals surface area contributed by atoms with E-state index in [1.54, 1.807) is 0 Å². The van der Waals surface area contributed by atoms with Crippen LogP contribution in [0, 0.1) is 5.82 Å². The average molecular weight is 338 g/mol. The minimum absolute atomic E-state index is 0. The third kappa shape index (κ3) is 6.83. The van der Waals surface area contributed by atoms with E-state index in [4.69, 9.17) is 5.73 Å². The molecule has 0 unspecified atom stereocenters. The van der Waals surface area contributed by atoms with Gasteiger partial charge in [-0.05, 0) is 51.1 Å². The van der Waals surface area contributed by atoms with E-state index in [9.17, 15) is 4.39 Å². The van der Waals surface area contributed by atoms with Crippen LogP contribution in [0.25, 0.3) is 0 Å². The maximum Gasteiger partial charge on any atom is 0.123 e. The minimum atomic E-state index is -0.176. The van der Waals surface area contributed by atoms with Gasteiger partial charge in [-0.25, -0.2) is 4.39 Å². The lowest BCUT2D eigenvalue weighted by Gasteiger charge is -2.29. The molecule has 0 amide bonds. The summed E-state index contributed by atoms with van der Waals surface area (Å²) in [5, 5.41) is 0. The molecule has 21 heavy (non-hydrogen) atoms. The minimum Gasteiger partial charge on any atom is -0.370 e. The summed E-state index contributed by atoms with van der Waals surface area (Å²) >= 11 is 0. The number of nitrogens with two attached hydrogens (primary N) is 1. The number of hydrogen-bond donors (Lipinski definition) is 1. The van der Waals surface area contributed by atoms with Crippen LogP contribution in [0.4, 0.5) is 10.1 Å². The topological polar surface area (TPSA) is 32.5 Å². The molecular formula is C15H26Cl2FN3. The first-order valence-electron chi connectivity index (χ1n) is 6.96. The smallest absolute Gasteiger partial charge is 0.123 e. The lowest BCUT2D eigenvalue weighted by atomic mass is 10.1. The van der Waals surface area contributed by atoms with E-state index in [1.165, 1.54) is 12.1 Å². The molecule has 1 aliphatic rings. The molecule has 0 spiro atoms. The SMILES string of the molecule is CC(C)(N)CN1CCCN(c2ccc(F)cc2)CC1.Cl.Cl. The van der Waals surface area contributed by atoms with Crippen LogP contribution in [0.15, 0.2) is 24.3 Å². The zero-order valence-electron chi connectivity index (χ0n) is 12.7. The molecule has 1 heterocycles. The van der Waals surface area contributed by atoms with Crippen LogP contribution in [0.5, 0.6) is 0 Å². The van der Waals surface area contributed by atoms with Crippen molar-refractivity contribution in [1.82, 2.24) is 4.90 Å². The fourth-order valence-electron chi connectivity index (χ4n) is 2.62. The zero-order valence-corrected chi connectivity index (χ0v) is 14.4. The van der Waals surface area contributed by atoms with E-state index in [2.05, 4.69) is 23.6 Å². The number of hydrogen-bond acceptors (Lipinski definition) is 3. The van der Waals surface area contributed by atoms with Gasteiger partial charge in [0.1, 0.15) is 5.82 Å². The highest BCUT2D eigenvalue weighted by Crippen LogP contribution is 2.17. The summed E-state index contributed by atoms with van der Waals surface area (Å²) in [4.78, 5) is 4.74. The van der Waals surface area contributed by atoms with Crippen LogP contribution in [-0.4, -0.2) is 43.2 Å². The molecule has 0 radical (unpaired) electrons. The van der Waals surface area contributed by atoms with Crippen molar-refractivity contribution in [3.05, 3.63) is 30.1 Å². The Bertz CT molecular complexity index is 406. The second-order valence-corrected chi connectivity index (χ2v) is 6.08. The number of benzene rings is 1. The van der Waals surface area contributed by atoms with E-state index in [-0.39, 0.29) is 36.2 Å². The van der Waals surface area contributed by atoms with Crippen LogP contribution >= 0.6 is 24.8 Å². The maximum atomic E-state index is 12.9. The number of rotatable bonds is 3. The third-order valence-corrected chi connectivity index (χ3v) is 3.41. The molecule has 0 saturated carbocycles. The normalized spacial score (nSPS) is 16.7. The molecule has 0 aromatic heterocycles. The van der Waals surface area contributed by atoms with Crippen molar-refractivity contribution in [3.8, 4) is 0 Å². The van der Waals surface area contributed by atoms with E-state index >= 15 is 0 Å². The molecule has 122 valence electrons. The largest absolute Gasteiger partial charge is 0.370 e. The number of nitrogens with zero attached hydrogens (tertiary/aromatic N) is 2. The number of halogens is 3. The van der Waals surface area contributed by atoms with E-state index in [1.807, 2.05) is 12.1 Å². The summed E-state index contributed by atoms with van der Waals surface area (Å²) in [5.41, 5.74) is 7.04. The van der Waals surface area contributed by atoms with Crippen molar-refractivity contribution in [2.24, 2.45) is 5.73 Å². The van der Waals surface area contributed by atoms with E-state index in [0.29, 0.717) is 0 Å². The Morgan fingerprint density at radius 3 is 2.24 bits per heavy atom. The Morgan fingerprint density at radius 1 is 1.05 bits per heavy atom. The molecule has 0 aliphatic carbocycles. The fraction of sp³-hybridized carbons (Fsp3) is 0.600. The standard InChI is InChI=1S/C15H24FN3.2ClH/c1-15(2,17)12-18-8-3-9-19(11-10-18)14-6-4-13(16)5-7-14;;/h4-7H,3,8-12,17H2,1-2H3;2*1H. The molecule has 1 aliphatic heterocycles. The Balaban J connectivity index is 0.00000200. The lowest BCUT2D eigenvalue weighted by Crippen LogP contribution is -2.46. The lowest BCUT2D eigenvalue weighted by molar-refractivity contribution is 0.240. The van der Waals surface area contributed by atoms with Gasteiger partial charge < -0.3 is 10.6 Å². The molecule has 2 rings (SSSR count).